The molecule has 0 fully saturated rings. The van der Waals surface area contributed by atoms with Crippen molar-refractivity contribution in [3.05, 3.63) is 124 Å². The van der Waals surface area contributed by atoms with Gasteiger partial charge in [-0.15, -0.1) is 5.10 Å². The van der Waals surface area contributed by atoms with Crippen molar-refractivity contribution in [3.8, 4) is 17.4 Å². The van der Waals surface area contributed by atoms with E-state index in [0.717, 1.165) is 11.1 Å². The van der Waals surface area contributed by atoms with Crippen LogP contribution in [0.2, 0.25) is 0 Å². The van der Waals surface area contributed by atoms with Gasteiger partial charge in [0.1, 0.15) is 24.3 Å². The average Bonchev–Trinajstić information content (AvgIpc) is 3.42. The summed E-state index contributed by atoms with van der Waals surface area (Å²) in [5, 5.41) is 5.39. The van der Waals surface area contributed by atoms with Gasteiger partial charge in [-0.3, -0.25) is 0 Å². The Labute approximate surface area is 229 Å². The molecule has 0 saturated carbocycles. The molecule has 8 heteroatoms. The van der Waals surface area contributed by atoms with Crippen molar-refractivity contribution < 1.29 is 13.9 Å². The van der Waals surface area contributed by atoms with E-state index in [1.807, 2.05) is 72.8 Å². The number of nitrogens with zero attached hydrogens (tertiary/aromatic N) is 4. The minimum Gasteiger partial charge on any atom is -0.489 e. The molecule has 8 nitrogen and oxygen atoms in total. The third kappa shape index (κ3) is 4.00. The van der Waals surface area contributed by atoms with E-state index in [1.54, 1.807) is 16.9 Å². The Morgan fingerprint density at radius 2 is 1.75 bits per heavy atom. The predicted octanol–water partition coefficient (Wildman–Crippen LogP) is 6.39. The lowest BCUT2D eigenvalue weighted by atomic mass is 9.84. The third-order valence-corrected chi connectivity index (χ3v) is 7.07. The molecule has 1 unspecified atom stereocenters. The fourth-order valence-corrected chi connectivity index (χ4v) is 5.11. The van der Waals surface area contributed by atoms with E-state index >= 15 is 0 Å². The van der Waals surface area contributed by atoms with Crippen LogP contribution in [0.25, 0.3) is 16.6 Å². The molecule has 0 N–H and O–H groups in total. The summed E-state index contributed by atoms with van der Waals surface area (Å²) in [5.41, 5.74) is 3.20. The fraction of sp³-hybridized carbons (Fsp3) is 0.188. The first-order chi connectivity index (χ1) is 19.4. The van der Waals surface area contributed by atoms with Crippen LogP contribution in [-0.2, 0) is 12.0 Å². The molecule has 7 rings (SSSR count). The van der Waals surface area contributed by atoms with Crippen LogP contribution in [0.15, 0.2) is 94.4 Å². The van der Waals surface area contributed by atoms with E-state index in [-0.39, 0.29) is 5.41 Å². The maximum Gasteiger partial charge on any atom is 0.344 e. The van der Waals surface area contributed by atoms with Gasteiger partial charge in [0.05, 0.1) is 22.4 Å². The summed E-state index contributed by atoms with van der Waals surface area (Å²) in [6, 6.07) is 25.1. The van der Waals surface area contributed by atoms with E-state index in [0.29, 0.717) is 57.6 Å². The molecule has 1 atom stereocenters. The summed E-state index contributed by atoms with van der Waals surface area (Å²) < 4.78 is 20.0. The Morgan fingerprint density at radius 3 is 2.58 bits per heavy atom. The van der Waals surface area contributed by atoms with Crippen molar-refractivity contribution in [1.82, 2.24) is 19.6 Å². The number of hydrogen-bond donors (Lipinski definition) is 0. The van der Waals surface area contributed by atoms with Gasteiger partial charge in [-0.2, -0.15) is 0 Å². The number of fused-ring (bicyclic) bond motifs is 6. The fourth-order valence-electron chi connectivity index (χ4n) is 5.11. The zero-order valence-corrected chi connectivity index (χ0v) is 22.3. The SMILES string of the molecule is CC(C)(C)c1nc2c3c(ncn2n1)Oc1c(c(=O)oc2ccccc12)C3c1cccc(OCc2ccccc2)c1. The molecule has 1 aliphatic heterocycles. The van der Waals surface area contributed by atoms with Crippen LogP contribution in [-0.4, -0.2) is 19.6 Å². The second kappa shape index (κ2) is 9.05. The van der Waals surface area contributed by atoms with Crippen molar-refractivity contribution >= 4 is 16.6 Å². The minimum absolute atomic E-state index is 0.289. The molecule has 6 aromatic rings. The van der Waals surface area contributed by atoms with Crippen molar-refractivity contribution in [2.45, 2.75) is 38.7 Å². The van der Waals surface area contributed by atoms with Crippen LogP contribution in [0, 0.1) is 0 Å². The van der Waals surface area contributed by atoms with Crippen LogP contribution >= 0.6 is 0 Å². The second-order valence-corrected chi connectivity index (χ2v) is 10.9. The lowest BCUT2D eigenvalue weighted by Crippen LogP contribution is -2.22. The standard InChI is InChI=1S/C32H26N4O4/c1-32(2,3)31-34-28-26-24(20-12-9-13-21(16-20)38-17-19-10-5-4-6-11-19)25-27(40-29(26)33-18-36(28)35-31)22-14-7-8-15-23(22)39-30(25)37/h4-16,18,24H,17H2,1-3H3. The molecule has 0 amide bonds. The van der Waals surface area contributed by atoms with E-state index in [1.165, 1.54) is 0 Å². The van der Waals surface area contributed by atoms with E-state index in [9.17, 15) is 4.79 Å². The first-order valence-corrected chi connectivity index (χ1v) is 13.1. The molecule has 40 heavy (non-hydrogen) atoms. The summed E-state index contributed by atoms with van der Waals surface area (Å²) in [6.07, 6.45) is 1.60. The Hall–Kier alpha value is -4.98. The highest BCUT2D eigenvalue weighted by Gasteiger charge is 2.38. The van der Waals surface area contributed by atoms with E-state index in [2.05, 4.69) is 25.8 Å². The number of rotatable bonds is 4. The average molecular weight is 531 g/mol. The van der Waals surface area contributed by atoms with Gasteiger partial charge >= 0.3 is 5.63 Å². The first kappa shape index (κ1) is 24.1. The first-order valence-electron chi connectivity index (χ1n) is 13.1. The molecule has 0 bridgehead atoms. The van der Waals surface area contributed by atoms with Gasteiger partial charge < -0.3 is 13.9 Å². The lowest BCUT2D eigenvalue weighted by molar-refractivity contribution is 0.306. The summed E-state index contributed by atoms with van der Waals surface area (Å²) in [5.74, 6) is 1.58. The van der Waals surface area contributed by atoms with Gasteiger partial charge in [0, 0.05) is 5.41 Å². The van der Waals surface area contributed by atoms with Crippen LogP contribution in [0.5, 0.6) is 17.4 Å². The molecule has 198 valence electrons. The molecule has 3 aromatic heterocycles. The monoisotopic (exact) mass is 530 g/mol. The number of benzene rings is 3. The van der Waals surface area contributed by atoms with Gasteiger partial charge in [-0.1, -0.05) is 75.4 Å². The second-order valence-electron chi connectivity index (χ2n) is 10.9. The van der Waals surface area contributed by atoms with E-state index in [4.69, 9.17) is 24.0 Å². The molecule has 1 aliphatic rings. The Bertz CT molecular complexity index is 1950. The zero-order valence-electron chi connectivity index (χ0n) is 22.3. The highest BCUT2D eigenvalue weighted by Crippen LogP contribution is 2.49. The summed E-state index contributed by atoms with van der Waals surface area (Å²) in [6.45, 7) is 6.58. The molecule has 0 radical (unpaired) electrons. The number of hydrogen-bond acceptors (Lipinski definition) is 7. The molecule has 0 aliphatic carbocycles. The summed E-state index contributed by atoms with van der Waals surface area (Å²) in [4.78, 5) is 23.2. The number of ether oxygens (including phenoxy) is 2. The van der Waals surface area contributed by atoms with E-state index < -0.39 is 11.5 Å². The molecule has 0 saturated heterocycles. The minimum atomic E-state index is -0.576. The van der Waals surface area contributed by atoms with Gasteiger partial charge in [0.15, 0.2) is 17.2 Å². The molecule has 4 heterocycles. The lowest BCUT2D eigenvalue weighted by Gasteiger charge is -2.27. The van der Waals surface area contributed by atoms with Crippen LogP contribution in [0.4, 0.5) is 0 Å². The quantitative estimate of drug-likeness (QED) is 0.243. The third-order valence-electron chi connectivity index (χ3n) is 7.07. The summed E-state index contributed by atoms with van der Waals surface area (Å²) >= 11 is 0. The van der Waals surface area contributed by atoms with Gasteiger partial charge in [-0.05, 0) is 35.4 Å². The van der Waals surface area contributed by atoms with Gasteiger partial charge in [-0.25, -0.2) is 19.3 Å². The van der Waals surface area contributed by atoms with Crippen molar-refractivity contribution in [2.24, 2.45) is 0 Å². The Morgan fingerprint density at radius 1 is 0.950 bits per heavy atom. The molecule has 3 aromatic carbocycles. The Balaban J connectivity index is 1.44. The van der Waals surface area contributed by atoms with Crippen molar-refractivity contribution in [2.75, 3.05) is 0 Å². The number of para-hydroxylation sites is 1. The normalized spacial score (nSPS) is 14.5. The number of aromatic nitrogens is 4. The largest absolute Gasteiger partial charge is 0.489 e. The van der Waals surface area contributed by atoms with Crippen LogP contribution in [0.3, 0.4) is 0 Å². The molecule has 0 spiro atoms. The highest BCUT2D eigenvalue weighted by atomic mass is 16.5. The van der Waals surface area contributed by atoms with Gasteiger partial charge in [0.25, 0.3) is 0 Å². The van der Waals surface area contributed by atoms with Crippen LogP contribution < -0.4 is 15.1 Å². The van der Waals surface area contributed by atoms with Gasteiger partial charge in [0.2, 0.25) is 5.88 Å². The maximum atomic E-state index is 13.6. The van der Waals surface area contributed by atoms with Crippen LogP contribution in [0.1, 0.15) is 54.8 Å². The predicted molar refractivity (Wildman–Crippen MR) is 150 cm³/mol. The maximum absolute atomic E-state index is 13.6. The van der Waals surface area contributed by atoms with Crippen molar-refractivity contribution in [3.63, 3.8) is 0 Å². The smallest absolute Gasteiger partial charge is 0.344 e. The topological polar surface area (TPSA) is 91.8 Å². The summed E-state index contributed by atoms with van der Waals surface area (Å²) in [7, 11) is 0. The Kier molecular flexibility index (Phi) is 5.45. The molecular formula is C32H26N4O4. The van der Waals surface area contributed by atoms with Crippen molar-refractivity contribution in [1.29, 1.82) is 0 Å². The highest BCUT2D eigenvalue weighted by molar-refractivity contribution is 5.86. The zero-order chi connectivity index (χ0) is 27.4. The molecular weight excluding hydrogens is 504 g/mol.